The molecule has 0 aliphatic heterocycles. The van der Waals surface area contributed by atoms with Gasteiger partial charge < -0.3 is 9.84 Å². The number of aromatic nitrogens is 1. The van der Waals surface area contributed by atoms with Crippen molar-refractivity contribution in [2.24, 2.45) is 0 Å². The summed E-state index contributed by atoms with van der Waals surface area (Å²) in [6, 6.07) is 15.4. The van der Waals surface area contributed by atoms with Gasteiger partial charge in [-0.05, 0) is 55.5 Å². The van der Waals surface area contributed by atoms with Gasteiger partial charge in [0.15, 0.2) is 0 Å². The van der Waals surface area contributed by atoms with Crippen molar-refractivity contribution in [1.82, 2.24) is 4.98 Å². The predicted octanol–water partition coefficient (Wildman–Crippen LogP) is 5.21. The fourth-order valence-electron chi connectivity index (χ4n) is 3.79. The Labute approximate surface area is 158 Å². The Bertz CT molecular complexity index is 1050. The van der Waals surface area contributed by atoms with Gasteiger partial charge in [-0.1, -0.05) is 36.4 Å². The highest BCUT2D eigenvalue weighted by atomic mass is 16.5. The zero-order valence-electron chi connectivity index (χ0n) is 15.2. The molecule has 2 aromatic carbocycles. The fraction of sp³-hybridized carbons (Fsp3) is 0.217. The highest BCUT2D eigenvalue weighted by Gasteiger charge is 2.24. The van der Waals surface area contributed by atoms with E-state index in [-0.39, 0.29) is 0 Å². The molecule has 1 N–H and O–H groups in total. The molecule has 0 saturated carbocycles. The van der Waals surface area contributed by atoms with Crippen molar-refractivity contribution in [3.05, 3.63) is 70.9 Å². The molecular weight excluding hydrogens is 338 g/mol. The lowest BCUT2D eigenvalue weighted by atomic mass is 9.86. The molecule has 27 heavy (non-hydrogen) atoms. The summed E-state index contributed by atoms with van der Waals surface area (Å²) in [5.74, 6) is -0.0558. The lowest BCUT2D eigenvalue weighted by molar-refractivity contribution is 0.0697. The maximum Gasteiger partial charge on any atom is 0.336 e. The number of carboxylic acids is 1. The van der Waals surface area contributed by atoms with Crippen LogP contribution < -0.4 is 4.74 Å². The average molecular weight is 359 g/mol. The minimum atomic E-state index is -0.888. The van der Waals surface area contributed by atoms with E-state index in [9.17, 15) is 9.90 Å². The van der Waals surface area contributed by atoms with Crippen LogP contribution in [-0.4, -0.2) is 22.7 Å². The number of pyridine rings is 1. The number of nitrogens with zero attached hydrogens (tertiary/aromatic N) is 1. The average Bonchev–Trinajstić information content (AvgIpc) is 2.68. The molecule has 1 heterocycles. The predicted molar refractivity (Wildman–Crippen MR) is 107 cm³/mol. The molecule has 136 valence electrons. The number of carbonyl (C=O) groups is 1. The van der Waals surface area contributed by atoms with Crippen molar-refractivity contribution >= 4 is 28.5 Å². The number of rotatable bonds is 4. The van der Waals surface area contributed by atoms with Gasteiger partial charge in [0.25, 0.3) is 0 Å². The highest BCUT2D eigenvalue weighted by molar-refractivity contribution is 6.05. The molecule has 0 spiro atoms. The van der Waals surface area contributed by atoms with E-state index in [4.69, 9.17) is 9.72 Å². The van der Waals surface area contributed by atoms with Gasteiger partial charge in [-0.25, -0.2) is 9.78 Å². The summed E-state index contributed by atoms with van der Waals surface area (Å²) < 4.78 is 5.74. The second-order valence-electron chi connectivity index (χ2n) is 6.63. The minimum Gasteiger partial charge on any atom is -0.493 e. The van der Waals surface area contributed by atoms with E-state index in [1.165, 1.54) is 0 Å². The van der Waals surface area contributed by atoms with Gasteiger partial charge in [0, 0.05) is 10.9 Å². The number of hydrogen-bond acceptors (Lipinski definition) is 3. The van der Waals surface area contributed by atoms with E-state index < -0.39 is 5.97 Å². The van der Waals surface area contributed by atoms with Crippen LogP contribution in [0, 0.1) is 0 Å². The molecule has 1 aromatic heterocycles. The van der Waals surface area contributed by atoms with Gasteiger partial charge in [-0.15, -0.1) is 0 Å². The number of carboxylic acid groups (broad SMARTS) is 1. The van der Waals surface area contributed by atoms with Crippen LogP contribution in [0.1, 0.15) is 46.9 Å². The Hall–Kier alpha value is -3.14. The zero-order chi connectivity index (χ0) is 18.8. The zero-order valence-corrected chi connectivity index (χ0v) is 15.2. The summed E-state index contributed by atoms with van der Waals surface area (Å²) in [4.78, 5) is 16.9. The summed E-state index contributed by atoms with van der Waals surface area (Å²) in [6.45, 7) is 2.56. The van der Waals surface area contributed by atoms with Crippen molar-refractivity contribution in [2.45, 2.75) is 26.2 Å². The molecule has 1 aliphatic carbocycles. The Kier molecular flexibility index (Phi) is 4.63. The van der Waals surface area contributed by atoms with Crippen molar-refractivity contribution in [2.75, 3.05) is 6.61 Å². The number of benzene rings is 2. The first-order valence-electron chi connectivity index (χ1n) is 9.26. The number of aromatic carboxylic acids is 1. The molecule has 4 heteroatoms. The summed E-state index contributed by atoms with van der Waals surface area (Å²) in [5, 5.41) is 10.6. The Morgan fingerprint density at radius 1 is 1.15 bits per heavy atom. The van der Waals surface area contributed by atoms with Crippen molar-refractivity contribution in [3.8, 4) is 5.75 Å². The van der Waals surface area contributed by atoms with Crippen LogP contribution in [0.15, 0.2) is 48.5 Å². The number of allylic oxidation sites excluding steroid dienone is 1. The minimum absolute atomic E-state index is 0.388. The molecule has 0 fully saturated rings. The molecule has 0 bridgehead atoms. The number of hydrogen-bond donors (Lipinski definition) is 1. The molecule has 0 unspecified atom stereocenters. The lowest BCUT2D eigenvalue weighted by Gasteiger charge is -2.22. The van der Waals surface area contributed by atoms with Gasteiger partial charge in [-0.3, -0.25) is 0 Å². The van der Waals surface area contributed by atoms with Gasteiger partial charge >= 0.3 is 5.97 Å². The molecule has 0 atom stereocenters. The molecule has 0 radical (unpaired) electrons. The second-order valence-corrected chi connectivity index (χ2v) is 6.63. The smallest absolute Gasteiger partial charge is 0.336 e. The number of para-hydroxylation sites is 2. The van der Waals surface area contributed by atoms with E-state index >= 15 is 0 Å². The normalized spacial score (nSPS) is 14.9. The maximum absolute atomic E-state index is 12.0. The quantitative estimate of drug-likeness (QED) is 0.695. The van der Waals surface area contributed by atoms with Crippen LogP contribution in [0.2, 0.25) is 0 Å². The molecule has 3 aromatic rings. The fourth-order valence-corrected chi connectivity index (χ4v) is 3.79. The van der Waals surface area contributed by atoms with Crippen LogP contribution in [0.5, 0.6) is 5.75 Å². The first-order valence-corrected chi connectivity index (χ1v) is 9.26. The van der Waals surface area contributed by atoms with E-state index in [2.05, 4.69) is 6.08 Å². The lowest BCUT2D eigenvalue weighted by Crippen LogP contribution is -2.13. The van der Waals surface area contributed by atoms with Gasteiger partial charge in [0.05, 0.1) is 23.4 Å². The van der Waals surface area contributed by atoms with Gasteiger partial charge in [0.2, 0.25) is 0 Å². The van der Waals surface area contributed by atoms with Gasteiger partial charge in [0.1, 0.15) is 5.75 Å². The molecule has 1 aliphatic rings. The molecular formula is C23H21NO3. The second kappa shape index (κ2) is 7.23. The van der Waals surface area contributed by atoms with Gasteiger partial charge in [-0.2, -0.15) is 0 Å². The van der Waals surface area contributed by atoms with Crippen LogP contribution in [-0.2, 0) is 6.42 Å². The third-order valence-electron chi connectivity index (χ3n) is 4.93. The Morgan fingerprint density at radius 2 is 1.93 bits per heavy atom. The first kappa shape index (κ1) is 17.3. The van der Waals surface area contributed by atoms with Crippen LogP contribution in [0.25, 0.3) is 22.6 Å². The summed E-state index contributed by atoms with van der Waals surface area (Å²) in [5.41, 5.74) is 4.82. The SMILES string of the molecule is CCOc1ccccc1C=C1CCCc2c1nc1ccccc1c2C(=O)O. The Morgan fingerprint density at radius 3 is 2.74 bits per heavy atom. The molecule has 4 rings (SSSR count). The topological polar surface area (TPSA) is 59.4 Å². The maximum atomic E-state index is 12.0. The van der Waals surface area contributed by atoms with Crippen molar-refractivity contribution in [3.63, 3.8) is 0 Å². The third-order valence-corrected chi connectivity index (χ3v) is 4.93. The summed E-state index contributed by atoms with van der Waals surface area (Å²) in [6.07, 6.45) is 4.61. The van der Waals surface area contributed by atoms with Crippen LogP contribution in [0.4, 0.5) is 0 Å². The van der Waals surface area contributed by atoms with E-state index in [1.54, 1.807) is 0 Å². The highest BCUT2D eigenvalue weighted by Crippen LogP contribution is 2.37. The Balaban J connectivity index is 1.93. The van der Waals surface area contributed by atoms with E-state index in [1.807, 2.05) is 55.5 Å². The first-order chi connectivity index (χ1) is 13.2. The van der Waals surface area contributed by atoms with Crippen molar-refractivity contribution < 1.29 is 14.6 Å². The number of ether oxygens (including phenoxy) is 1. The van der Waals surface area contributed by atoms with E-state index in [0.29, 0.717) is 17.6 Å². The third kappa shape index (κ3) is 3.19. The van der Waals surface area contributed by atoms with Crippen molar-refractivity contribution in [1.29, 1.82) is 0 Å². The molecule has 4 nitrogen and oxygen atoms in total. The largest absolute Gasteiger partial charge is 0.493 e. The molecule has 0 saturated heterocycles. The van der Waals surface area contributed by atoms with Crippen LogP contribution >= 0.6 is 0 Å². The van der Waals surface area contributed by atoms with E-state index in [0.717, 1.165) is 52.9 Å². The molecule has 0 amide bonds. The van der Waals surface area contributed by atoms with Crippen LogP contribution in [0.3, 0.4) is 0 Å². The summed E-state index contributed by atoms with van der Waals surface area (Å²) >= 11 is 0. The summed E-state index contributed by atoms with van der Waals surface area (Å²) in [7, 11) is 0. The monoisotopic (exact) mass is 359 g/mol. The standard InChI is InChI=1S/C23H21NO3/c1-2-27-20-13-6-3-8-15(20)14-16-9-7-11-18-21(23(25)26)17-10-4-5-12-19(17)24-22(16)18/h3-6,8,10,12-14H,2,7,9,11H2,1H3,(H,25,26). The number of fused-ring (bicyclic) bond motifs is 2.